The number of carbonyl (C=O) groups excluding carboxylic acids is 1. The average molecular weight is 534 g/mol. The van der Waals surface area contributed by atoms with Gasteiger partial charge in [0.05, 0.1) is 11.0 Å². The highest BCUT2D eigenvalue weighted by atomic mass is 32.2. The second kappa shape index (κ2) is 11.6. The van der Waals surface area contributed by atoms with Crippen molar-refractivity contribution in [2.24, 2.45) is 5.41 Å². The van der Waals surface area contributed by atoms with Crippen LogP contribution in [0.2, 0.25) is 0 Å². The van der Waals surface area contributed by atoms with E-state index in [0.29, 0.717) is 28.8 Å². The number of halogens is 1. The molecule has 0 aliphatic heterocycles. The molecular formula is C28H28FN5O3S. The molecule has 196 valence electrons. The number of non-ortho nitro benzene ring substituents is 1. The maximum Gasteiger partial charge on any atom is 0.269 e. The van der Waals surface area contributed by atoms with Gasteiger partial charge < -0.3 is 5.32 Å². The van der Waals surface area contributed by atoms with Crippen LogP contribution >= 0.6 is 11.8 Å². The van der Waals surface area contributed by atoms with Crippen molar-refractivity contribution in [2.75, 3.05) is 0 Å². The Morgan fingerprint density at radius 2 is 1.66 bits per heavy atom. The largest absolute Gasteiger partial charge is 0.345 e. The Balaban J connectivity index is 1.76. The summed E-state index contributed by atoms with van der Waals surface area (Å²) in [4.78, 5) is 23.9. The highest BCUT2D eigenvalue weighted by Gasteiger charge is 2.29. The predicted molar refractivity (Wildman–Crippen MR) is 144 cm³/mol. The summed E-state index contributed by atoms with van der Waals surface area (Å²) >= 11 is 1.40. The average Bonchev–Trinajstić information content (AvgIpc) is 3.32. The Bertz CT molecular complexity index is 1400. The van der Waals surface area contributed by atoms with E-state index in [1.54, 1.807) is 24.3 Å². The summed E-state index contributed by atoms with van der Waals surface area (Å²) in [5.41, 5.74) is 1.86. The minimum absolute atomic E-state index is 0.0363. The summed E-state index contributed by atoms with van der Waals surface area (Å²) in [5, 5.41) is 23.8. The molecule has 1 N–H and O–H groups in total. The first-order chi connectivity index (χ1) is 18.1. The molecule has 0 saturated heterocycles. The summed E-state index contributed by atoms with van der Waals surface area (Å²) in [6.45, 7) is 5.52. The molecule has 4 aromatic rings. The van der Waals surface area contributed by atoms with Crippen molar-refractivity contribution in [2.45, 2.75) is 44.1 Å². The Morgan fingerprint density at radius 3 is 2.26 bits per heavy atom. The summed E-state index contributed by atoms with van der Waals surface area (Å²) < 4.78 is 15.2. The van der Waals surface area contributed by atoms with Crippen LogP contribution in [0, 0.1) is 21.3 Å². The van der Waals surface area contributed by atoms with Crippen molar-refractivity contribution in [1.29, 1.82) is 0 Å². The topological polar surface area (TPSA) is 103 Å². The van der Waals surface area contributed by atoms with Gasteiger partial charge in [-0.25, -0.2) is 4.39 Å². The number of aromatic nitrogens is 3. The number of carbonyl (C=O) groups is 1. The van der Waals surface area contributed by atoms with Crippen molar-refractivity contribution in [3.8, 4) is 5.69 Å². The zero-order valence-electron chi connectivity index (χ0n) is 21.3. The first kappa shape index (κ1) is 27.0. The fourth-order valence-corrected chi connectivity index (χ4v) is 4.64. The molecular weight excluding hydrogens is 505 g/mol. The fraction of sp³-hybridized carbons (Fsp3) is 0.250. The summed E-state index contributed by atoms with van der Waals surface area (Å²) in [6, 6.07) is 21.6. The van der Waals surface area contributed by atoms with Gasteiger partial charge in [-0.1, -0.05) is 75.0 Å². The zero-order valence-corrected chi connectivity index (χ0v) is 22.1. The van der Waals surface area contributed by atoms with Crippen LogP contribution in [-0.4, -0.2) is 25.6 Å². The molecule has 0 fully saturated rings. The van der Waals surface area contributed by atoms with Crippen molar-refractivity contribution in [1.82, 2.24) is 20.1 Å². The number of nitro benzene ring substituents is 1. The highest BCUT2D eigenvalue weighted by molar-refractivity contribution is 7.98. The Hall–Kier alpha value is -4.05. The van der Waals surface area contributed by atoms with Crippen molar-refractivity contribution in [3.63, 3.8) is 0 Å². The molecule has 0 radical (unpaired) electrons. The van der Waals surface area contributed by atoms with E-state index in [9.17, 15) is 19.3 Å². The van der Waals surface area contributed by atoms with E-state index in [1.165, 1.54) is 36.0 Å². The molecule has 4 rings (SSSR count). The minimum atomic E-state index is -0.632. The van der Waals surface area contributed by atoms with Crippen LogP contribution in [0.15, 0.2) is 84.0 Å². The molecule has 0 saturated carbocycles. The smallest absolute Gasteiger partial charge is 0.269 e. The number of nitrogens with one attached hydrogen (secondary N) is 1. The third-order valence-corrected chi connectivity index (χ3v) is 6.84. The number of nitrogens with zero attached hydrogens (tertiary/aromatic N) is 4. The first-order valence-corrected chi connectivity index (χ1v) is 13.0. The van der Waals surface area contributed by atoms with Crippen LogP contribution in [0.4, 0.5) is 10.1 Å². The van der Waals surface area contributed by atoms with Crippen LogP contribution in [0.3, 0.4) is 0 Å². The number of benzene rings is 3. The Labute approximate surface area is 224 Å². The number of amides is 1. The molecule has 1 unspecified atom stereocenters. The number of rotatable bonds is 9. The van der Waals surface area contributed by atoms with Gasteiger partial charge in [-0.05, 0) is 41.8 Å². The van der Waals surface area contributed by atoms with E-state index < -0.39 is 16.4 Å². The van der Waals surface area contributed by atoms with Gasteiger partial charge in [-0.15, -0.1) is 10.2 Å². The van der Waals surface area contributed by atoms with Gasteiger partial charge in [-0.3, -0.25) is 19.5 Å². The monoisotopic (exact) mass is 533 g/mol. The normalized spacial score (nSPS) is 12.2. The molecule has 0 spiro atoms. The van der Waals surface area contributed by atoms with Crippen molar-refractivity contribution >= 4 is 23.4 Å². The van der Waals surface area contributed by atoms with Gasteiger partial charge >= 0.3 is 0 Å². The Kier molecular flexibility index (Phi) is 8.21. The number of nitro groups is 1. The van der Waals surface area contributed by atoms with E-state index in [1.807, 2.05) is 55.7 Å². The van der Waals surface area contributed by atoms with Crippen molar-refractivity contribution < 1.29 is 14.1 Å². The second-order valence-corrected chi connectivity index (χ2v) is 10.8. The lowest BCUT2D eigenvalue weighted by Gasteiger charge is -2.25. The fourth-order valence-electron chi connectivity index (χ4n) is 3.73. The number of hydrogen-bond donors (Lipinski definition) is 1. The zero-order chi connectivity index (χ0) is 27.3. The van der Waals surface area contributed by atoms with E-state index in [0.717, 1.165) is 11.1 Å². The van der Waals surface area contributed by atoms with Crippen LogP contribution in [0.5, 0.6) is 0 Å². The minimum Gasteiger partial charge on any atom is -0.345 e. The quantitative estimate of drug-likeness (QED) is 0.160. The molecule has 3 aromatic carbocycles. The second-order valence-electron chi connectivity index (χ2n) is 9.83. The van der Waals surface area contributed by atoms with Crippen LogP contribution < -0.4 is 5.32 Å². The summed E-state index contributed by atoms with van der Waals surface area (Å²) in [7, 11) is 0. The number of thioether (sulfide) groups is 1. The van der Waals surface area contributed by atoms with E-state index in [2.05, 4.69) is 15.5 Å². The van der Waals surface area contributed by atoms with Gasteiger partial charge in [0.25, 0.3) is 5.69 Å². The molecule has 1 heterocycles. The maximum atomic E-state index is 13.4. The molecule has 0 bridgehead atoms. The Morgan fingerprint density at radius 1 is 1.00 bits per heavy atom. The van der Waals surface area contributed by atoms with Crippen LogP contribution in [0.1, 0.15) is 43.8 Å². The molecule has 8 nitrogen and oxygen atoms in total. The van der Waals surface area contributed by atoms with Gasteiger partial charge in [0, 0.05) is 29.0 Å². The molecule has 1 aromatic heterocycles. The van der Waals surface area contributed by atoms with E-state index >= 15 is 0 Å². The molecule has 10 heteroatoms. The predicted octanol–water partition coefficient (Wildman–Crippen LogP) is 6.05. The molecule has 0 aliphatic rings. The SMILES string of the molecule is CC(C)(C)C(=O)NC(Cc1ccccc1)c1nnc(SCc2ccc(F)cc2)n1-c1ccc([N+](=O)[O-])cc1. The maximum absolute atomic E-state index is 13.4. The van der Waals surface area contributed by atoms with Gasteiger partial charge in [-0.2, -0.15) is 0 Å². The molecule has 1 atom stereocenters. The van der Waals surface area contributed by atoms with E-state index in [-0.39, 0.29) is 17.4 Å². The first-order valence-electron chi connectivity index (χ1n) is 12.0. The third kappa shape index (κ3) is 6.63. The molecule has 38 heavy (non-hydrogen) atoms. The van der Waals surface area contributed by atoms with Gasteiger partial charge in [0.1, 0.15) is 5.82 Å². The highest BCUT2D eigenvalue weighted by Crippen LogP contribution is 2.30. The lowest BCUT2D eigenvalue weighted by atomic mass is 9.94. The van der Waals surface area contributed by atoms with Crippen LogP contribution in [-0.2, 0) is 17.0 Å². The van der Waals surface area contributed by atoms with Crippen LogP contribution in [0.25, 0.3) is 5.69 Å². The summed E-state index contributed by atoms with van der Waals surface area (Å²) in [5.74, 6) is 0.552. The third-order valence-electron chi connectivity index (χ3n) is 5.84. The van der Waals surface area contributed by atoms with E-state index in [4.69, 9.17) is 0 Å². The summed E-state index contributed by atoms with van der Waals surface area (Å²) in [6.07, 6.45) is 0.469. The lowest BCUT2D eigenvalue weighted by molar-refractivity contribution is -0.384. The van der Waals surface area contributed by atoms with Crippen molar-refractivity contribution in [3.05, 3.63) is 112 Å². The van der Waals surface area contributed by atoms with Gasteiger partial charge in [0.15, 0.2) is 11.0 Å². The molecule has 0 aliphatic carbocycles. The van der Waals surface area contributed by atoms with Gasteiger partial charge in [0.2, 0.25) is 5.91 Å². The lowest BCUT2D eigenvalue weighted by Crippen LogP contribution is -2.39. The standard InChI is InChI=1S/C28H28FN5O3S/c1-28(2,3)26(35)30-24(17-19-7-5-4-6-8-19)25-31-32-27(38-18-20-9-11-21(29)12-10-20)33(25)22-13-15-23(16-14-22)34(36)37/h4-16,24H,17-18H2,1-3H3,(H,30,35). The molecule has 1 amide bonds. The number of hydrogen-bond acceptors (Lipinski definition) is 6.